The summed E-state index contributed by atoms with van der Waals surface area (Å²) in [6.45, 7) is 7.44. The van der Waals surface area contributed by atoms with Gasteiger partial charge in [0.25, 0.3) is 0 Å². The van der Waals surface area contributed by atoms with Crippen molar-refractivity contribution in [2.24, 2.45) is 0 Å². The molecule has 112 valence electrons. The van der Waals surface area contributed by atoms with Crippen molar-refractivity contribution in [3.63, 3.8) is 0 Å². The molecule has 0 amide bonds. The van der Waals surface area contributed by atoms with E-state index in [0.717, 1.165) is 24.3 Å². The third-order valence-electron chi connectivity index (χ3n) is 2.63. The summed E-state index contributed by atoms with van der Waals surface area (Å²) in [6, 6.07) is 5.49. The minimum atomic E-state index is 0.116. The minimum absolute atomic E-state index is 0.116. The Morgan fingerprint density at radius 1 is 1.10 bits per heavy atom. The van der Waals surface area contributed by atoms with Gasteiger partial charge in [0.05, 0.1) is 24.5 Å². The topological polar surface area (TPSA) is 35.5 Å². The molecule has 20 heavy (non-hydrogen) atoms. The number of carbonyl (C=O) groups is 1. The monoisotopic (exact) mass is 296 g/mol. The molecule has 0 aliphatic heterocycles. The van der Waals surface area contributed by atoms with Crippen molar-refractivity contribution in [1.82, 2.24) is 0 Å². The number of rotatable bonds is 10. The molecule has 3 nitrogen and oxygen atoms in total. The van der Waals surface area contributed by atoms with Crippen LogP contribution < -0.4 is 9.47 Å². The first-order chi connectivity index (χ1) is 9.72. The fraction of sp³-hybridized carbons (Fsp3) is 0.562. The highest BCUT2D eigenvalue weighted by Gasteiger charge is 2.13. The smallest absolute Gasteiger partial charge is 0.176 e. The first-order valence-electron chi connectivity index (χ1n) is 7.23. The van der Waals surface area contributed by atoms with Crippen molar-refractivity contribution in [3.8, 4) is 11.5 Å². The van der Waals surface area contributed by atoms with Crippen LogP contribution in [0.3, 0.4) is 0 Å². The van der Waals surface area contributed by atoms with Gasteiger partial charge in [-0.25, -0.2) is 0 Å². The van der Waals surface area contributed by atoms with E-state index < -0.39 is 0 Å². The molecule has 0 fully saturated rings. The highest BCUT2D eigenvalue weighted by atomic mass is 32.2. The molecule has 0 aliphatic carbocycles. The summed E-state index contributed by atoms with van der Waals surface area (Å²) < 4.78 is 11.3. The summed E-state index contributed by atoms with van der Waals surface area (Å²) in [5.74, 6) is 2.95. The molecule has 1 aromatic carbocycles. The molecule has 1 rings (SSSR count). The van der Waals surface area contributed by atoms with E-state index in [-0.39, 0.29) is 5.78 Å². The van der Waals surface area contributed by atoms with Crippen LogP contribution in [0.15, 0.2) is 18.2 Å². The standard InChI is InChI=1S/C16H24O3S/c1-4-9-18-13-7-8-14(15(17)12-20-6-3)16(11-13)19-10-5-2/h7-8,11H,4-6,9-10,12H2,1-3H3. The second-order valence-corrected chi connectivity index (χ2v) is 5.69. The maximum absolute atomic E-state index is 12.2. The number of hydrogen-bond acceptors (Lipinski definition) is 4. The lowest BCUT2D eigenvalue weighted by atomic mass is 10.1. The van der Waals surface area contributed by atoms with Gasteiger partial charge in [0, 0.05) is 6.07 Å². The number of Topliss-reactive ketones (excluding diaryl/α,β-unsaturated/α-hetero) is 1. The molecule has 4 heteroatoms. The van der Waals surface area contributed by atoms with Crippen molar-refractivity contribution in [2.75, 3.05) is 24.7 Å². The Bertz CT molecular complexity index is 418. The summed E-state index contributed by atoms with van der Waals surface area (Å²) in [6.07, 6.45) is 1.87. The number of carbonyl (C=O) groups excluding carboxylic acids is 1. The zero-order chi connectivity index (χ0) is 14.8. The maximum atomic E-state index is 12.2. The number of hydrogen-bond donors (Lipinski definition) is 0. The largest absolute Gasteiger partial charge is 0.493 e. The van der Waals surface area contributed by atoms with Crippen molar-refractivity contribution < 1.29 is 14.3 Å². The van der Waals surface area contributed by atoms with Crippen LogP contribution in [0.4, 0.5) is 0 Å². The van der Waals surface area contributed by atoms with Crippen LogP contribution in [0.2, 0.25) is 0 Å². The molecule has 0 aliphatic rings. The lowest BCUT2D eigenvalue weighted by Crippen LogP contribution is -2.08. The van der Waals surface area contributed by atoms with E-state index in [1.807, 2.05) is 32.0 Å². The first kappa shape index (κ1) is 16.9. The second-order valence-electron chi connectivity index (χ2n) is 4.42. The molecular formula is C16H24O3S. The molecule has 0 aromatic heterocycles. The molecule has 0 spiro atoms. The molecule has 0 unspecified atom stereocenters. The summed E-state index contributed by atoms with van der Waals surface area (Å²) >= 11 is 1.63. The van der Waals surface area contributed by atoms with E-state index in [2.05, 4.69) is 6.92 Å². The molecule has 0 saturated heterocycles. The molecule has 0 bridgehead atoms. The van der Waals surface area contributed by atoms with Gasteiger partial charge >= 0.3 is 0 Å². The van der Waals surface area contributed by atoms with E-state index in [4.69, 9.17) is 9.47 Å². The summed E-state index contributed by atoms with van der Waals surface area (Å²) in [5.41, 5.74) is 0.656. The lowest BCUT2D eigenvalue weighted by molar-refractivity contribution is 0.101. The Balaban J connectivity index is 2.87. The zero-order valence-electron chi connectivity index (χ0n) is 12.6. The van der Waals surface area contributed by atoms with Gasteiger partial charge in [-0.15, -0.1) is 0 Å². The van der Waals surface area contributed by atoms with Gasteiger partial charge in [0.2, 0.25) is 0 Å². The third-order valence-corrected chi connectivity index (χ3v) is 3.50. The molecule has 0 atom stereocenters. The van der Waals surface area contributed by atoms with Crippen LogP contribution in [0, 0.1) is 0 Å². The first-order valence-corrected chi connectivity index (χ1v) is 8.38. The number of thioether (sulfide) groups is 1. The lowest BCUT2D eigenvalue weighted by Gasteiger charge is -2.12. The fourth-order valence-electron chi connectivity index (χ4n) is 1.65. The highest BCUT2D eigenvalue weighted by molar-refractivity contribution is 7.99. The SMILES string of the molecule is CCCOc1ccc(C(=O)CSCC)c(OCCC)c1. The van der Waals surface area contributed by atoms with E-state index in [9.17, 15) is 4.79 Å². The van der Waals surface area contributed by atoms with Gasteiger partial charge in [-0.1, -0.05) is 20.8 Å². The Labute approximate surface area is 126 Å². The van der Waals surface area contributed by atoms with Gasteiger partial charge in [-0.2, -0.15) is 11.8 Å². The van der Waals surface area contributed by atoms with Crippen LogP contribution in [-0.2, 0) is 0 Å². The van der Waals surface area contributed by atoms with E-state index in [0.29, 0.717) is 30.3 Å². The maximum Gasteiger partial charge on any atom is 0.176 e. The van der Waals surface area contributed by atoms with Gasteiger partial charge in [0.15, 0.2) is 5.78 Å². The quantitative estimate of drug-likeness (QED) is 0.606. The molecule has 0 heterocycles. The molecule has 1 aromatic rings. The normalized spacial score (nSPS) is 10.3. The predicted molar refractivity (Wildman–Crippen MR) is 85.3 cm³/mol. The van der Waals surface area contributed by atoms with E-state index >= 15 is 0 Å². The van der Waals surface area contributed by atoms with Gasteiger partial charge in [0.1, 0.15) is 11.5 Å². The van der Waals surface area contributed by atoms with E-state index in [1.54, 1.807) is 11.8 Å². The fourth-order valence-corrected chi connectivity index (χ4v) is 2.19. The van der Waals surface area contributed by atoms with Crippen LogP contribution >= 0.6 is 11.8 Å². The minimum Gasteiger partial charge on any atom is -0.493 e. The van der Waals surface area contributed by atoms with Crippen molar-refractivity contribution in [2.45, 2.75) is 33.6 Å². The Hall–Kier alpha value is -1.16. The van der Waals surface area contributed by atoms with Crippen molar-refractivity contribution >= 4 is 17.5 Å². The van der Waals surface area contributed by atoms with Gasteiger partial charge in [-0.3, -0.25) is 4.79 Å². The number of ketones is 1. The van der Waals surface area contributed by atoms with Crippen LogP contribution in [0.1, 0.15) is 44.0 Å². The average Bonchev–Trinajstić information content (AvgIpc) is 2.48. The summed E-state index contributed by atoms with van der Waals surface area (Å²) in [5, 5.41) is 0. The highest BCUT2D eigenvalue weighted by Crippen LogP contribution is 2.26. The molecule has 0 radical (unpaired) electrons. The van der Waals surface area contributed by atoms with Crippen LogP contribution in [-0.4, -0.2) is 30.5 Å². The summed E-state index contributed by atoms with van der Waals surface area (Å²) in [7, 11) is 0. The third kappa shape index (κ3) is 5.45. The van der Waals surface area contributed by atoms with E-state index in [1.165, 1.54) is 0 Å². The molecule has 0 N–H and O–H groups in total. The van der Waals surface area contributed by atoms with Gasteiger partial charge in [-0.05, 0) is 30.7 Å². The zero-order valence-corrected chi connectivity index (χ0v) is 13.4. The van der Waals surface area contributed by atoms with Crippen molar-refractivity contribution in [1.29, 1.82) is 0 Å². The number of benzene rings is 1. The molecule has 0 saturated carbocycles. The van der Waals surface area contributed by atoms with Crippen LogP contribution in [0.5, 0.6) is 11.5 Å². The number of ether oxygens (including phenoxy) is 2. The predicted octanol–water partition coefficient (Wildman–Crippen LogP) is 4.20. The average molecular weight is 296 g/mol. The second kappa shape index (κ2) is 9.70. The molecular weight excluding hydrogens is 272 g/mol. The van der Waals surface area contributed by atoms with Gasteiger partial charge < -0.3 is 9.47 Å². The Kier molecular flexibility index (Phi) is 8.19. The van der Waals surface area contributed by atoms with Crippen LogP contribution in [0.25, 0.3) is 0 Å². The Morgan fingerprint density at radius 3 is 2.45 bits per heavy atom. The summed E-state index contributed by atoms with van der Waals surface area (Å²) in [4.78, 5) is 12.2. The Morgan fingerprint density at radius 2 is 1.80 bits per heavy atom. The van der Waals surface area contributed by atoms with Crippen molar-refractivity contribution in [3.05, 3.63) is 23.8 Å².